The second kappa shape index (κ2) is 3.75. The lowest BCUT2D eigenvalue weighted by molar-refractivity contribution is 0.0866. The van der Waals surface area contributed by atoms with Crippen molar-refractivity contribution < 1.29 is 4.79 Å². The molecule has 0 N–H and O–H groups in total. The molecule has 1 amide bonds. The minimum Gasteiger partial charge on any atom is -0.282 e. The molecule has 0 bridgehead atoms. The van der Waals surface area contributed by atoms with Crippen LogP contribution in [0.1, 0.15) is 39.5 Å². The largest absolute Gasteiger partial charge is 0.282 e. The fraction of sp³-hybridized carbons (Fsp3) is 0.615. The molecule has 1 aliphatic heterocycles. The summed E-state index contributed by atoms with van der Waals surface area (Å²) in [6.45, 7) is 5.52. The van der Waals surface area contributed by atoms with Gasteiger partial charge in [-0.3, -0.25) is 9.10 Å². The normalized spacial score (nSPS) is 21.6. The van der Waals surface area contributed by atoms with Gasteiger partial charge in [0.2, 0.25) is 0 Å². The number of hydrogen-bond acceptors (Lipinski definition) is 3. The van der Waals surface area contributed by atoms with Crippen LogP contribution in [0.2, 0.25) is 0 Å². The van der Waals surface area contributed by atoms with Crippen molar-refractivity contribution in [3.05, 3.63) is 20.9 Å². The van der Waals surface area contributed by atoms with Gasteiger partial charge in [0.15, 0.2) is 0 Å². The molecule has 1 aromatic heterocycles. The Kier molecular flexibility index (Phi) is 2.56. The predicted molar refractivity (Wildman–Crippen MR) is 73.8 cm³/mol. The summed E-state index contributed by atoms with van der Waals surface area (Å²) in [5, 5.41) is 0. The monoisotopic (exact) mass is 267 g/mol. The lowest BCUT2D eigenvalue weighted by Gasteiger charge is -2.25. The Labute approximate surface area is 111 Å². The van der Waals surface area contributed by atoms with E-state index in [2.05, 4.69) is 13.8 Å². The Hall–Kier alpha value is -0.480. The summed E-state index contributed by atoms with van der Waals surface area (Å²) in [6, 6.07) is 0. The molecule has 17 heavy (non-hydrogen) atoms. The SMILES string of the molecule is CSN1CCc2c(sc3c2CC(C)(C)C3)C1=O. The quantitative estimate of drug-likeness (QED) is 0.729. The van der Waals surface area contributed by atoms with Crippen LogP contribution in [0, 0.1) is 5.41 Å². The maximum absolute atomic E-state index is 12.2. The minimum absolute atomic E-state index is 0.232. The number of carbonyl (C=O) groups excluding carboxylic acids is 1. The zero-order chi connectivity index (χ0) is 12.2. The summed E-state index contributed by atoms with van der Waals surface area (Å²) in [6.07, 6.45) is 5.32. The first kappa shape index (κ1) is 11.6. The Morgan fingerprint density at radius 2 is 2.06 bits per heavy atom. The first-order chi connectivity index (χ1) is 8.02. The van der Waals surface area contributed by atoms with Crippen molar-refractivity contribution >= 4 is 29.2 Å². The molecule has 4 heteroatoms. The van der Waals surface area contributed by atoms with Gasteiger partial charge >= 0.3 is 0 Å². The first-order valence-electron chi connectivity index (χ1n) is 6.01. The summed E-state index contributed by atoms with van der Waals surface area (Å²) in [4.78, 5) is 14.7. The van der Waals surface area contributed by atoms with Crippen molar-refractivity contribution in [3.8, 4) is 0 Å². The Balaban J connectivity index is 2.02. The molecule has 2 heterocycles. The summed E-state index contributed by atoms with van der Waals surface area (Å²) in [5.74, 6) is 0.232. The van der Waals surface area contributed by atoms with E-state index in [4.69, 9.17) is 0 Å². The highest BCUT2D eigenvalue weighted by Gasteiger charge is 2.37. The second-order valence-electron chi connectivity index (χ2n) is 5.67. The Morgan fingerprint density at radius 1 is 1.29 bits per heavy atom. The van der Waals surface area contributed by atoms with Crippen LogP contribution in [0.3, 0.4) is 0 Å². The molecule has 0 saturated carbocycles. The van der Waals surface area contributed by atoms with E-state index in [9.17, 15) is 4.79 Å². The van der Waals surface area contributed by atoms with Gasteiger partial charge in [0.1, 0.15) is 0 Å². The topological polar surface area (TPSA) is 20.3 Å². The molecule has 0 unspecified atom stereocenters. The van der Waals surface area contributed by atoms with Gasteiger partial charge < -0.3 is 0 Å². The zero-order valence-electron chi connectivity index (χ0n) is 10.5. The Morgan fingerprint density at radius 3 is 2.76 bits per heavy atom. The van der Waals surface area contributed by atoms with Crippen molar-refractivity contribution in [2.45, 2.75) is 33.1 Å². The average Bonchev–Trinajstić information content (AvgIpc) is 2.72. The molecule has 0 atom stereocenters. The van der Waals surface area contributed by atoms with Crippen molar-refractivity contribution in [1.82, 2.24) is 4.31 Å². The van der Waals surface area contributed by atoms with Crippen LogP contribution in [0.25, 0.3) is 0 Å². The summed E-state index contributed by atoms with van der Waals surface area (Å²) in [7, 11) is 0. The third-order valence-electron chi connectivity index (χ3n) is 3.70. The third-order valence-corrected chi connectivity index (χ3v) is 5.75. The van der Waals surface area contributed by atoms with Gasteiger partial charge in [0.25, 0.3) is 5.91 Å². The van der Waals surface area contributed by atoms with E-state index < -0.39 is 0 Å². The van der Waals surface area contributed by atoms with Crippen LogP contribution in [0.15, 0.2) is 0 Å². The lowest BCUT2D eigenvalue weighted by Crippen LogP contribution is -2.31. The number of thiophene rings is 1. The number of fused-ring (bicyclic) bond motifs is 3. The van der Waals surface area contributed by atoms with E-state index in [0.29, 0.717) is 5.41 Å². The zero-order valence-corrected chi connectivity index (χ0v) is 12.1. The van der Waals surface area contributed by atoms with Crippen molar-refractivity contribution in [2.24, 2.45) is 5.41 Å². The molecule has 2 aliphatic rings. The summed E-state index contributed by atoms with van der Waals surface area (Å²) >= 11 is 3.30. The molecule has 2 nitrogen and oxygen atoms in total. The second-order valence-corrected chi connectivity index (χ2v) is 7.58. The summed E-state index contributed by atoms with van der Waals surface area (Å²) in [5.41, 5.74) is 3.27. The number of amides is 1. The highest BCUT2D eigenvalue weighted by Crippen LogP contribution is 2.45. The van der Waals surface area contributed by atoms with E-state index in [1.54, 1.807) is 23.3 Å². The molecule has 1 aromatic rings. The number of rotatable bonds is 1. The van der Waals surface area contributed by atoms with Crippen LogP contribution >= 0.6 is 23.3 Å². The van der Waals surface area contributed by atoms with Crippen LogP contribution in [0.4, 0.5) is 0 Å². The van der Waals surface area contributed by atoms with E-state index >= 15 is 0 Å². The average molecular weight is 267 g/mol. The highest BCUT2D eigenvalue weighted by atomic mass is 32.2. The summed E-state index contributed by atoms with van der Waals surface area (Å²) < 4.78 is 1.89. The third kappa shape index (κ3) is 1.73. The van der Waals surface area contributed by atoms with Gasteiger partial charge in [0, 0.05) is 17.7 Å². The van der Waals surface area contributed by atoms with E-state index in [1.807, 2.05) is 10.6 Å². The molecule has 0 saturated heterocycles. The van der Waals surface area contributed by atoms with Gasteiger partial charge in [-0.25, -0.2) is 0 Å². The number of hydrogen-bond donors (Lipinski definition) is 0. The number of nitrogens with zero attached hydrogens (tertiary/aromatic N) is 1. The van der Waals surface area contributed by atoms with Crippen LogP contribution in [0.5, 0.6) is 0 Å². The fourth-order valence-corrected chi connectivity index (χ4v) is 5.08. The standard InChI is InChI=1S/C13H17NOS2/c1-13(2)6-9-8-4-5-14(16-3)12(15)11(8)17-10(9)7-13/h4-7H2,1-3H3. The molecule has 1 aliphatic carbocycles. The molecule has 3 rings (SSSR count). The Bertz CT molecular complexity index is 490. The van der Waals surface area contributed by atoms with E-state index in [1.165, 1.54) is 16.0 Å². The van der Waals surface area contributed by atoms with E-state index in [0.717, 1.165) is 30.7 Å². The molecule has 0 radical (unpaired) electrons. The first-order valence-corrected chi connectivity index (χ1v) is 8.01. The minimum atomic E-state index is 0.232. The van der Waals surface area contributed by atoms with Crippen molar-refractivity contribution in [1.29, 1.82) is 0 Å². The van der Waals surface area contributed by atoms with Gasteiger partial charge in [-0.15, -0.1) is 11.3 Å². The van der Waals surface area contributed by atoms with Gasteiger partial charge in [-0.05, 0) is 35.8 Å². The molecular formula is C13H17NOS2. The number of carbonyl (C=O) groups is 1. The predicted octanol–water partition coefficient (Wildman–Crippen LogP) is 3.15. The van der Waals surface area contributed by atoms with Crippen LogP contribution < -0.4 is 0 Å². The van der Waals surface area contributed by atoms with Gasteiger partial charge in [-0.1, -0.05) is 25.8 Å². The van der Waals surface area contributed by atoms with Crippen LogP contribution in [-0.2, 0) is 19.3 Å². The van der Waals surface area contributed by atoms with E-state index in [-0.39, 0.29) is 5.91 Å². The fourth-order valence-electron chi connectivity index (χ4n) is 2.91. The smallest absolute Gasteiger partial charge is 0.274 e. The van der Waals surface area contributed by atoms with Gasteiger partial charge in [0.05, 0.1) is 4.88 Å². The molecule has 0 spiro atoms. The molecule has 92 valence electrons. The maximum Gasteiger partial charge on any atom is 0.274 e. The van der Waals surface area contributed by atoms with Crippen LogP contribution in [-0.4, -0.2) is 23.0 Å². The molecular weight excluding hydrogens is 250 g/mol. The maximum atomic E-state index is 12.2. The highest BCUT2D eigenvalue weighted by molar-refractivity contribution is 7.96. The molecule has 0 aromatic carbocycles. The van der Waals surface area contributed by atoms with Crippen molar-refractivity contribution in [2.75, 3.05) is 12.8 Å². The van der Waals surface area contributed by atoms with Crippen molar-refractivity contribution in [3.63, 3.8) is 0 Å². The van der Waals surface area contributed by atoms with Gasteiger partial charge in [-0.2, -0.15) is 0 Å². The lowest BCUT2D eigenvalue weighted by atomic mass is 9.89. The molecule has 0 fully saturated rings.